The molecule has 1 aliphatic rings. The molecule has 1 aliphatic heterocycles. The Kier molecular flexibility index (Phi) is 5.88. The van der Waals surface area contributed by atoms with Crippen LogP contribution in [0.25, 0.3) is 0 Å². The maximum atomic E-state index is 10.9. The summed E-state index contributed by atoms with van der Waals surface area (Å²) < 4.78 is 5.26. The van der Waals surface area contributed by atoms with Crippen LogP contribution in [0.2, 0.25) is 0 Å². The zero-order chi connectivity index (χ0) is 18.4. The van der Waals surface area contributed by atoms with Gasteiger partial charge in [-0.1, -0.05) is 12.1 Å². The van der Waals surface area contributed by atoms with E-state index >= 15 is 0 Å². The number of hydrogen-bond donors (Lipinski definition) is 1. The number of aryl methyl sites for hydroxylation is 1. The molecule has 7 nitrogen and oxygen atoms in total. The summed E-state index contributed by atoms with van der Waals surface area (Å²) in [6.45, 7) is 5.75. The van der Waals surface area contributed by atoms with Crippen molar-refractivity contribution in [1.29, 1.82) is 0 Å². The molecule has 1 saturated heterocycles. The van der Waals surface area contributed by atoms with Gasteiger partial charge in [-0.3, -0.25) is 4.79 Å². The molecule has 3 rings (SSSR count). The first-order chi connectivity index (χ1) is 12.7. The van der Waals surface area contributed by atoms with E-state index in [1.807, 2.05) is 31.2 Å². The third-order valence-corrected chi connectivity index (χ3v) is 4.46. The summed E-state index contributed by atoms with van der Waals surface area (Å²) in [5.41, 5.74) is 2.13. The van der Waals surface area contributed by atoms with Crippen LogP contribution in [0.15, 0.2) is 30.3 Å². The van der Waals surface area contributed by atoms with Gasteiger partial charge in [-0.05, 0) is 31.0 Å². The molecular formula is C19H25N5O2. The van der Waals surface area contributed by atoms with Gasteiger partial charge >= 0.3 is 0 Å². The maximum absolute atomic E-state index is 10.9. The zero-order valence-electron chi connectivity index (χ0n) is 15.3. The van der Waals surface area contributed by atoms with Gasteiger partial charge in [0.05, 0.1) is 7.11 Å². The van der Waals surface area contributed by atoms with E-state index in [0.29, 0.717) is 5.95 Å². The third kappa shape index (κ3) is 4.62. The van der Waals surface area contributed by atoms with E-state index in [1.54, 1.807) is 12.0 Å². The highest BCUT2D eigenvalue weighted by Gasteiger charge is 2.17. The number of methoxy groups -OCH3 is 1. The quantitative estimate of drug-likeness (QED) is 0.763. The first kappa shape index (κ1) is 18.0. The lowest BCUT2D eigenvalue weighted by atomic mass is 10.1. The number of carbonyl (C=O) groups is 1. The molecule has 1 aromatic heterocycles. The first-order valence-electron chi connectivity index (χ1n) is 8.85. The zero-order valence-corrected chi connectivity index (χ0v) is 15.3. The number of piperazine rings is 1. The molecule has 1 aromatic carbocycles. The van der Waals surface area contributed by atoms with Crippen LogP contribution in [-0.2, 0) is 11.2 Å². The van der Waals surface area contributed by atoms with E-state index in [4.69, 9.17) is 4.74 Å². The number of carbonyl (C=O) groups excluding carboxylic acids is 1. The Labute approximate surface area is 154 Å². The van der Waals surface area contributed by atoms with Crippen LogP contribution < -0.4 is 15.0 Å². The largest absolute Gasteiger partial charge is 0.497 e. The molecular weight excluding hydrogens is 330 g/mol. The molecule has 0 atom stereocenters. The van der Waals surface area contributed by atoms with Gasteiger partial charge in [0.2, 0.25) is 12.4 Å². The average molecular weight is 355 g/mol. The standard InChI is InChI=1S/C19H25N5O2/c1-15-12-18(24-10-8-23(14-25)9-11-24)22-19(21-15)20-7-6-16-4-3-5-17(13-16)26-2/h3-5,12-14H,6-11H2,1-2H3,(H,20,21,22). The minimum atomic E-state index is 0.640. The van der Waals surface area contributed by atoms with Crippen molar-refractivity contribution < 1.29 is 9.53 Å². The molecule has 7 heteroatoms. The lowest BCUT2D eigenvalue weighted by Crippen LogP contribution is -2.46. The number of amides is 1. The van der Waals surface area contributed by atoms with Gasteiger partial charge in [0.1, 0.15) is 11.6 Å². The molecule has 1 N–H and O–H groups in total. The van der Waals surface area contributed by atoms with Crippen LogP contribution >= 0.6 is 0 Å². The number of aromatic nitrogens is 2. The molecule has 1 amide bonds. The summed E-state index contributed by atoms with van der Waals surface area (Å²) in [6, 6.07) is 10.0. The molecule has 0 bridgehead atoms. The second-order valence-corrected chi connectivity index (χ2v) is 6.35. The fourth-order valence-corrected chi connectivity index (χ4v) is 3.00. The van der Waals surface area contributed by atoms with E-state index in [9.17, 15) is 4.79 Å². The molecule has 0 unspecified atom stereocenters. The minimum absolute atomic E-state index is 0.640. The number of nitrogens with one attached hydrogen (secondary N) is 1. The molecule has 0 saturated carbocycles. The minimum Gasteiger partial charge on any atom is -0.497 e. The van der Waals surface area contributed by atoms with E-state index in [2.05, 4.69) is 26.3 Å². The lowest BCUT2D eigenvalue weighted by molar-refractivity contribution is -0.118. The van der Waals surface area contributed by atoms with Crippen LogP contribution in [0.5, 0.6) is 5.75 Å². The van der Waals surface area contributed by atoms with Gasteiger partial charge in [-0.25, -0.2) is 4.98 Å². The normalized spacial score (nSPS) is 14.2. The van der Waals surface area contributed by atoms with Crippen molar-refractivity contribution in [2.24, 2.45) is 0 Å². The Bertz CT molecular complexity index is 744. The van der Waals surface area contributed by atoms with Gasteiger partial charge < -0.3 is 19.9 Å². The highest BCUT2D eigenvalue weighted by molar-refractivity contribution is 5.50. The molecule has 0 radical (unpaired) electrons. The number of anilines is 2. The molecule has 0 spiro atoms. The van der Waals surface area contributed by atoms with Crippen molar-refractivity contribution in [3.05, 3.63) is 41.6 Å². The van der Waals surface area contributed by atoms with Crippen molar-refractivity contribution in [3.8, 4) is 5.75 Å². The predicted octanol–water partition coefficient (Wildman–Crippen LogP) is 1.73. The summed E-state index contributed by atoms with van der Waals surface area (Å²) in [4.78, 5) is 24.0. The van der Waals surface area contributed by atoms with Crippen LogP contribution in [0, 0.1) is 6.92 Å². The lowest BCUT2D eigenvalue weighted by Gasteiger charge is -2.33. The van der Waals surface area contributed by atoms with Crippen molar-refractivity contribution in [3.63, 3.8) is 0 Å². The van der Waals surface area contributed by atoms with Gasteiger partial charge in [-0.15, -0.1) is 0 Å². The highest BCUT2D eigenvalue weighted by Crippen LogP contribution is 2.17. The van der Waals surface area contributed by atoms with E-state index < -0.39 is 0 Å². The monoisotopic (exact) mass is 355 g/mol. The summed E-state index contributed by atoms with van der Waals surface area (Å²) in [5, 5.41) is 3.31. The number of benzene rings is 1. The van der Waals surface area contributed by atoms with Crippen LogP contribution in [0.4, 0.5) is 11.8 Å². The average Bonchev–Trinajstić information content (AvgIpc) is 2.68. The number of nitrogens with zero attached hydrogens (tertiary/aromatic N) is 4. The van der Waals surface area contributed by atoms with Gasteiger partial charge in [0, 0.05) is 44.5 Å². The van der Waals surface area contributed by atoms with Crippen molar-refractivity contribution in [2.75, 3.05) is 50.1 Å². The van der Waals surface area contributed by atoms with Gasteiger partial charge in [-0.2, -0.15) is 4.98 Å². The van der Waals surface area contributed by atoms with E-state index in [0.717, 1.165) is 62.8 Å². The number of hydrogen-bond acceptors (Lipinski definition) is 6. The Morgan fingerprint density at radius 2 is 2.00 bits per heavy atom. The SMILES string of the molecule is COc1cccc(CCNc2nc(C)cc(N3CCN(C=O)CC3)n2)c1. The molecule has 26 heavy (non-hydrogen) atoms. The highest BCUT2D eigenvalue weighted by atomic mass is 16.5. The number of rotatable bonds is 7. The topological polar surface area (TPSA) is 70.6 Å². The molecule has 2 aromatic rings. The fourth-order valence-electron chi connectivity index (χ4n) is 3.00. The molecule has 138 valence electrons. The second kappa shape index (κ2) is 8.51. The Hall–Kier alpha value is -2.83. The third-order valence-electron chi connectivity index (χ3n) is 4.46. The van der Waals surface area contributed by atoms with Crippen molar-refractivity contribution in [2.45, 2.75) is 13.3 Å². The Balaban J connectivity index is 1.59. The molecule has 0 aliphatic carbocycles. The van der Waals surface area contributed by atoms with Crippen molar-refractivity contribution >= 4 is 18.2 Å². The predicted molar refractivity (Wildman–Crippen MR) is 102 cm³/mol. The molecule has 2 heterocycles. The van der Waals surface area contributed by atoms with Crippen LogP contribution in [-0.4, -0.2) is 61.1 Å². The van der Waals surface area contributed by atoms with E-state index in [-0.39, 0.29) is 0 Å². The summed E-state index contributed by atoms with van der Waals surface area (Å²) in [7, 11) is 1.67. The Morgan fingerprint density at radius 1 is 1.19 bits per heavy atom. The van der Waals surface area contributed by atoms with E-state index in [1.165, 1.54) is 5.56 Å². The van der Waals surface area contributed by atoms with Crippen molar-refractivity contribution in [1.82, 2.24) is 14.9 Å². The fraction of sp³-hybridized carbons (Fsp3) is 0.421. The van der Waals surface area contributed by atoms with Crippen LogP contribution in [0.3, 0.4) is 0 Å². The number of ether oxygens (including phenoxy) is 1. The van der Waals surface area contributed by atoms with Crippen LogP contribution in [0.1, 0.15) is 11.3 Å². The van der Waals surface area contributed by atoms with Gasteiger partial charge in [0.15, 0.2) is 0 Å². The summed E-state index contributed by atoms with van der Waals surface area (Å²) >= 11 is 0. The first-order valence-corrected chi connectivity index (χ1v) is 8.85. The second-order valence-electron chi connectivity index (χ2n) is 6.35. The van der Waals surface area contributed by atoms with Gasteiger partial charge in [0.25, 0.3) is 0 Å². The maximum Gasteiger partial charge on any atom is 0.224 e. The summed E-state index contributed by atoms with van der Waals surface area (Å²) in [5.74, 6) is 2.42. The summed E-state index contributed by atoms with van der Waals surface area (Å²) in [6.07, 6.45) is 1.77. The Morgan fingerprint density at radius 3 is 2.73 bits per heavy atom. The molecule has 1 fully saturated rings. The smallest absolute Gasteiger partial charge is 0.224 e.